The summed E-state index contributed by atoms with van der Waals surface area (Å²) in [5.41, 5.74) is 1.70. The molecule has 4 aromatic rings. The molecule has 5 fully saturated rings. The van der Waals surface area contributed by atoms with E-state index in [9.17, 15) is 24.4 Å². The van der Waals surface area contributed by atoms with Crippen molar-refractivity contribution < 1.29 is 19.1 Å². The molecule has 1 saturated carbocycles. The van der Waals surface area contributed by atoms with Gasteiger partial charge in [0.25, 0.3) is 17.4 Å². The van der Waals surface area contributed by atoms with Crippen molar-refractivity contribution >= 4 is 51.7 Å². The molecule has 0 radical (unpaired) electrons. The van der Waals surface area contributed by atoms with Crippen molar-refractivity contribution in [3.05, 3.63) is 81.2 Å². The first kappa shape index (κ1) is 41.7. The number of halogens is 1. The maximum Gasteiger partial charge on any atom is 0.278 e. The molecule has 1 spiro atoms. The third-order valence-corrected chi connectivity index (χ3v) is 14.7. The number of likely N-dealkylation sites (tertiary alicyclic amines) is 1. The van der Waals surface area contributed by atoms with E-state index in [-0.39, 0.29) is 53.2 Å². The smallest absolute Gasteiger partial charge is 0.278 e. The van der Waals surface area contributed by atoms with Gasteiger partial charge in [0, 0.05) is 87.1 Å². The van der Waals surface area contributed by atoms with Gasteiger partial charge in [-0.3, -0.25) is 24.5 Å². The van der Waals surface area contributed by atoms with Gasteiger partial charge in [0.1, 0.15) is 35.3 Å². The molecule has 9 rings (SSSR count). The van der Waals surface area contributed by atoms with Gasteiger partial charge in [-0.2, -0.15) is 9.94 Å². The van der Waals surface area contributed by atoms with E-state index in [0.717, 1.165) is 87.7 Å². The van der Waals surface area contributed by atoms with E-state index < -0.39 is 11.9 Å². The third-order valence-electron chi connectivity index (χ3n) is 14.4. The molecular formula is C46H53ClN10O5. The summed E-state index contributed by atoms with van der Waals surface area (Å²) in [6.07, 6.45) is 6.33. The maximum atomic E-state index is 13.5. The minimum Gasteiger partial charge on any atom is -0.489 e. The maximum absolute atomic E-state index is 13.5. The topological polar surface area (TPSA) is 179 Å². The largest absolute Gasteiger partial charge is 0.489 e. The van der Waals surface area contributed by atoms with Crippen LogP contribution in [0.4, 0.5) is 11.5 Å². The molecule has 2 aromatic carbocycles. The first-order valence-corrected chi connectivity index (χ1v) is 22.1. The van der Waals surface area contributed by atoms with Gasteiger partial charge in [-0.1, -0.05) is 44.5 Å². The number of hydrogen-bond acceptors (Lipinski definition) is 12. The first-order valence-electron chi connectivity index (χ1n) is 21.7. The summed E-state index contributed by atoms with van der Waals surface area (Å²) in [4.78, 5) is 62.7. The summed E-state index contributed by atoms with van der Waals surface area (Å²) >= 11 is 6.26. The second kappa shape index (κ2) is 16.0. The molecule has 4 aliphatic heterocycles. The van der Waals surface area contributed by atoms with Gasteiger partial charge in [-0.05, 0) is 85.9 Å². The van der Waals surface area contributed by atoms with Gasteiger partial charge in [0.15, 0.2) is 0 Å². The standard InChI is InChI=1S/C46H53ClN10O5/c1-44(2)42(45(3,4)43(44)62-32-8-5-29(23-48)34(47)22-32)51-39(59)30-6-11-37(49-24-30)56-17-13-28(14-18-56)25-54-26-46(27-54)15-19-55(20-16-46)31-7-9-33-35(21-31)52-53-57(41(33)61)36-10-12-38(58)50-40(36)60/h5-9,11,21-22,24,28,36,42-43H,10,12-20,25-27H2,1-4H3,(H,51,59)(H,50,58,60). The van der Waals surface area contributed by atoms with Crippen LogP contribution in [0.5, 0.6) is 5.75 Å². The Balaban J connectivity index is 0.714. The molecule has 1 atom stereocenters. The Morgan fingerprint density at radius 1 is 0.952 bits per heavy atom. The van der Waals surface area contributed by atoms with Crippen LogP contribution in [0.15, 0.2) is 59.5 Å². The average molecular weight is 861 g/mol. The summed E-state index contributed by atoms with van der Waals surface area (Å²) in [6.45, 7) is 15.5. The average Bonchev–Trinajstić information content (AvgIpc) is 3.25. The molecule has 324 valence electrons. The lowest BCUT2D eigenvalue weighted by Crippen LogP contribution is -2.74. The molecule has 0 bridgehead atoms. The van der Waals surface area contributed by atoms with E-state index in [1.54, 1.807) is 30.5 Å². The van der Waals surface area contributed by atoms with Crippen LogP contribution < -0.4 is 30.7 Å². The van der Waals surface area contributed by atoms with Crippen molar-refractivity contribution in [2.24, 2.45) is 22.2 Å². The molecule has 2 N–H and O–H groups in total. The lowest BCUT2D eigenvalue weighted by Gasteiger charge is -2.63. The molecule has 3 amide bonds. The molecule has 16 heteroatoms. The van der Waals surface area contributed by atoms with E-state index in [4.69, 9.17) is 21.3 Å². The highest BCUT2D eigenvalue weighted by molar-refractivity contribution is 6.31. The number of ether oxygens (including phenoxy) is 1. The van der Waals surface area contributed by atoms with Crippen LogP contribution in [0.1, 0.15) is 88.2 Å². The Morgan fingerprint density at radius 2 is 1.69 bits per heavy atom. The number of nitriles is 1. The van der Waals surface area contributed by atoms with Crippen molar-refractivity contribution in [3.8, 4) is 11.8 Å². The van der Waals surface area contributed by atoms with Crippen LogP contribution >= 0.6 is 11.6 Å². The number of nitrogens with one attached hydrogen (secondary N) is 2. The van der Waals surface area contributed by atoms with E-state index in [1.165, 1.54) is 0 Å². The number of aromatic nitrogens is 4. The third kappa shape index (κ3) is 7.65. The number of pyridine rings is 1. The van der Waals surface area contributed by atoms with E-state index >= 15 is 0 Å². The number of carbonyl (C=O) groups excluding carboxylic acids is 3. The predicted octanol–water partition coefficient (Wildman–Crippen LogP) is 5.12. The minimum atomic E-state index is -0.838. The Hall–Kier alpha value is -5.59. The highest BCUT2D eigenvalue weighted by atomic mass is 35.5. The lowest BCUT2D eigenvalue weighted by molar-refractivity contribution is -0.164. The molecule has 5 aliphatic rings. The molecular weight excluding hydrogens is 808 g/mol. The second-order valence-electron chi connectivity index (χ2n) is 19.3. The Kier molecular flexibility index (Phi) is 10.7. The monoisotopic (exact) mass is 860 g/mol. The molecule has 1 unspecified atom stereocenters. The molecule has 6 heterocycles. The number of anilines is 2. The van der Waals surface area contributed by atoms with Crippen LogP contribution in [-0.2, 0) is 9.59 Å². The normalized spacial score (nSPS) is 24.5. The van der Waals surface area contributed by atoms with Gasteiger partial charge in [-0.15, -0.1) is 5.10 Å². The number of fused-ring (bicyclic) bond motifs is 1. The van der Waals surface area contributed by atoms with Crippen LogP contribution in [0.2, 0.25) is 5.02 Å². The fraction of sp³-hybridized carbons (Fsp3) is 0.522. The van der Waals surface area contributed by atoms with Gasteiger partial charge < -0.3 is 24.8 Å². The Labute approximate surface area is 365 Å². The van der Waals surface area contributed by atoms with Gasteiger partial charge in [0.2, 0.25) is 5.91 Å². The van der Waals surface area contributed by atoms with Gasteiger partial charge >= 0.3 is 0 Å². The minimum absolute atomic E-state index is 0.138. The highest BCUT2D eigenvalue weighted by Crippen LogP contribution is 2.55. The zero-order valence-corrected chi connectivity index (χ0v) is 36.5. The predicted molar refractivity (Wildman–Crippen MR) is 234 cm³/mol. The number of carbonyl (C=O) groups is 3. The van der Waals surface area contributed by atoms with Crippen molar-refractivity contribution in [1.29, 1.82) is 5.26 Å². The van der Waals surface area contributed by atoms with Crippen LogP contribution in [0, 0.1) is 33.5 Å². The number of piperidine rings is 3. The summed E-state index contributed by atoms with van der Waals surface area (Å²) in [5, 5.41) is 23.9. The first-order chi connectivity index (χ1) is 29.6. The molecule has 1 aliphatic carbocycles. The van der Waals surface area contributed by atoms with Gasteiger partial charge in [-0.25, -0.2) is 4.98 Å². The SMILES string of the molecule is CC1(C)C(NC(=O)c2ccc(N3CCC(CN4CC5(CCN(c6ccc7c(=O)n(C8CCC(=O)NC8=O)nnc7c6)CC5)C4)CC3)nc2)C(C)(C)C1Oc1ccc(C#N)c(Cl)c1. The summed E-state index contributed by atoms with van der Waals surface area (Å²) in [7, 11) is 0. The fourth-order valence-electron chi connectivity index (χ4n) is 11.2. The van der Waals surface area contributed by atoms with E-state index in [2.05, 4.69) is 69.4 Å². The molecule has 2 aromatic heterocycles. The lowest BCUT2D eigenvalue weighted by atomic mass is 9.49. The van der Waals surface area contributed by atoms with Crippen LogP contribution in [0.3, 0.4) is 0 Å². The van der Waals surface area contributed by atoms with Crippen molar-refractivity contribution in [1.82, 2.24) is 35.5 Å². The number of imide groups is 1. The Morgan fingerprint density at radius 3 is 2.35 bits per heavy atom. The summed E-state index contributed by atoms with van der Waals surface area (Å²) in [6, 6.07) is 15.7. The fourth-order valence-corrected chi connectivity index (χ4v) is 11.4. The van der Waals surface area contributed by atoms with Crippen molar-refractivity contribution in [2.75, 3.05) is 55.6 Å². The van der Waals surface area contributed by atoms with Crippen LogP contribution in [0.25, 0.3) is 10.9 Å². The van der Waals surface area contributed by atoms with Crippen molar-refractivity contribution in [3.63, 3.8) is 0 Å². The molecule has 4 saturated heterocycles. The second-order valence-corrected chi connectivity index (χ2v) is 19.7. The van der Waals surface area contributed by atoms with Crippen LogP contribution in [-0.4, -0.2) is 101 Å². The van der Waals surface area contributed by atoms with E-state index in [0.29, 0.717) is 44.1 Å². The number of rotatable bonds is 9. The summed E-state index contributed by atoms with van der Waals surface area (Å²) in [5.74, 6) is 1.12. The molecule has 62 heavy (non-hydrogen) atoms. The zero-order valence-electron chi connectivity index (χ0n) is 35.7. The Bertz CT molecular complexity index is 2500. The van der Waals surface area contributed by atoms with Gasteiger partial charge in [0.05, 0.1) is 21.5 Å². The summed E-state index contributed by atoms with van der Waals surface area (Å²) < 4.78 is 7.48. The number of amides is 3. The molecule has 15 nitrogen and oxygen atoms in total. The number of hydrogen-bond donors (Lipinski definition) is 2. The number of nitrogens with zero attached hydrogens (tertiary/aromatic N) is 8. The quantitative estimate of drug-likeness (QED) is 0.213. The highest BCUT2D eigenvalue weighted by Gasteiger charge is 2.64. The zero-order chi connectivity index (χ0) is 43.6. The van der Waals surface area contributed by atoms with E-state index in [1.807, 2.05) is 24.3 Å². The number of benzene rings is 2. The van der Waals surface area contributed by atoms with Crippen molar-refractivity contribution in [2.45, 2.75) is 84.4 Å².